The van der Waals surface area contributed by atoms with Crippen molar-refractivity contribution in [2.75, 3.05) is 19.6 Å². The van der Waals surface area contributed by atoms with Crippen LogP contribution in [0, 0.1) is 5.92 Å². The van der Waals surface area contributed by atoms with Crippen LogP contribution in [0.4, 0.5) is 0 Å². The van der Waals surface area contributed by atoms with Gasteiger partial charge < -0.3 is 4.90 Å². The quantitative estimate of drug-likeness (QED) is 0.780. The Morgan fingerprint density at radius 3 is 2.65 bits per heavy atom. The molecule has 0 bridgehead atoms. The van der Waals surface area contributed by atoms with Gasteiger partial charge in [-0.1, -0.05) is 34.8 Å². The van der Waals surface area contributed by atoms with Crippen molar-refractivity contribution >= 4 is 21.8 Å². The standard InChI is InChI=1S/C19H25BrN2O/c20-16-5-3-4-15(12-16)19(23)22-11-9-14-8-10-21(13-18(14)22)17-6-1-2-7-17/h3-5,12,14,17-18H,1-2,6-11,13H2. The number of halogens is 1. The molecule has 0 spiro atoms. The Hall–Kier alpha value is -0.870. The molecule has 4 heteroatoms. The fourth-order valence-electron chi connectivity index (χ4n) is 4.81. The van der Waals surface area contributed by atoms with Crippen LogP contribution in [-0.2, 0) is 0 Å². The van der Waals surface area contributed by atoms with Gasteiger partial charge in [0.05, 0.1) is 0 Å². The summed E-state index contributed by atoms with van der Waals surface area (Å²) < 4.78 is 0.982. The van der Waals surface area contributed by atoms with E-state index in [2.05, 4.69) is 25.7 Å². The van der Waals surface area contributed by atoms with Crippen LogP contribution in [0.5, 0.6) is 0 Å². The molecule has 1 aliphatic carbocycles. The maximum atomic E-state index is 13.0. The molecule has 1 saturated carbocycles. The van der Waals surface area contributed by atoms with Crippen LogP contribution in [0.15, 0.2) is 28.7 Å². The van der Waals surface area contributed by atoms with Gasteiger partial charge in [-0.25, -0.2) is 0 Å². The molecule has 3 nitrogen and oxygen atoms in total. The lowest BCUT2D eigenvalue weighted by Gasteiger charge is -2.41. The SMILES string of the molecule is O=C(c1cccc(Br)c1)N1CCC2CCN(C3CCCC3)CC21. The number of fused-ring (bicyclic) bond motifs is 1. The van der Waals surface area contributed by atoms with Gasteiger partial charge in [-0.05, 0) is 56.3 Å². The van der Waals surface area contributed by atoms with Crippen LogP contribution in [0.1, 0.15) is 48.9 Å². The predicted octanol–water partition coefficient (Wildman–Crippen LogP) is 3.93. The molecule has 1 amide bonds. The normalized spacial score (nSPS) is 29.0. The summed E-state index contributed by atoms with van der Waals surface area (Å²) in [5.41, 5.74) is 0.818. The zero-order chi connectivity index (χ0) is 15.8. The molecular formula is C19H25BrN2O. The third-order valence-electron chi connectivity index (χ3n) is 6.07. The van der Waals surface area contributed by atoms with Crippen LogP contribution in [0.2, 0.25) is 0 Å². The Labute approximate surface area is 147 Å². The van der Waals surface area contributed by atoms with Crippen LogP contribution < -0.4 is 0 Å². The number of carbonyl (C=O) groups excluding carboxylic acids is 1. The van der Waals surface area contributed by atoms with Gasteiger partial charge in [-0.15, -0.1) is 0 Å². The summed E-state index contributed by atoms with van der Waals surface area (Å²) in [6, 6.07) is 9.03. The Morgan fingerprint density at radius 1 is 1.09 bits per heavy atom. The van der Waals surface area contributed by atoms with E-state index < -0.39 is 0 Å². The molecule has 1 aromatic rings. The third-order valence-corrected chi connectivity index (χ3v) is 6.56. The van der Waals surface area contributed by atoms with Crippen LogP contribution >= 0.6 is 15.9 Å². The summed E-state index contributed by atoms with van der Waals surface area (Å²) in [7, 11) is 0. The second kappa shape index (κ2) is 6.56. The molecule has 3 fully saturated rings. The predicted molar refractivity (Wildman–Crippen MR) is 95.5 cm³/mol. The first-order valence-electron chi connectivity index (χ1n) is 9.03. The number of likely N-dealkylation sites (tertiary alicyclic amines) is 2. The van der Waals surface area contributed by atoms with Crippen molar-refractivity contribution in [1.82, 2.24) is 9.80 Å². The molecule has 2 heterocycles. The fourth-order valence-corrected chi connectivity index (χ4v) is 5.20. The summed E-state index contributed by atoms with van der Waals surface area (Å²) in [5, 5.41) is 0. The number of hydrogen-bond acceptors (Lipinski definition) is 2. The summed E-state index contributed by atoms with van der Waals surface area (Å²) in [6.07, 6.45) is 7.94. The number of piperidine rings is 1. The first-order valence-corrected chi connectivity index (χ1v) is 9.82. The minimum Gasteiger partial charge on any atom is -0.334 e. The Kier molecular flexibility index (Phi) is 4.46. The van der Waals surface area contributed by atoms with Crippen molar-refractivity contribution in [2.24, 2.45) is 5.92 Å². The van der Waals surface area contributed by atoms with E-state index in [1.54, 1.807) is 0 Å². The Bertz CT molecular complexity index is 584. The fraction of sp³-hybridized carbons (Fsp3) is 0.632. The van der Waals surface area contributed by atoms with Gasteiger partial charge in [0, 0.05) is 35.2 Å². The minimum absolute atomic E-state index is 0.215. The molecule has 2 saturated heterocycles. The van der Waals surface area contributed by atoms with E-state index in [0.717, 1.165) is 29.2 Å². The van der Waals surface area contributed by atoms with E-state index in [-0.39, 0.29) is 5.91 Å². The topological polar surface area (TPSA) is 23.6 Å². The molecule has 23 heavy (non-hydrogen) atoms. The van der Waals surface area contributed by atoms with Crippen molar-refractivity contribution in [1.29, 1.82) is 0 Å². The van der Waals surface area contributed by atoms with E-state index >= 15 is 0 Å². The highest BCUT2D eigenvalue weighted by Crippen LogP contribution is 2.35. The summed E-state index contributed by atoms with van der Waals surface area (Å²) in [6.45, 7) is 3.26. The lowest BCUT2D eigenvalue weighted by molar-refractivity contribution is 0.0521. The molecule has 2 atom stereocenters. The molecule has 0 radical (unpaired) electrons. The summed E-state index contributed by atoms with van der Waals surface area (Å²) in [4.78, 5) is 17.8. The van der Waals surface area contributed by atoms with Gasteiger partial charge in [-0.3, -0.25) is 9.69 Å². The lowest BCUT2D eigenvalue weighted by atomic mass is 9.91. The van der Waals surface area contributed by atoms with E-state index in [1.165, 1.54) is 45.1 Å². The van der Waals surface area contributed by atoms with Crippen molar-refractivity contribution in [3.63, 3.8) is 0 Å². The second-order valence-corrected chi connectivity index (χ2v) is 8.26. The molecule has 0 N–H and O–H groups in total. The first-order chi connectivity index (χ1) is 11.2. The maximum absolute atomic E-state index is 13.0. The average Bonchev–Trinajstić information content (AvgIpc) is 3.23. The molecule has 0 aromatic heterocycles. The van der Waals surface area contributed by atoms with Crippen LogP contribution in [0.3, 0.4) is 0 Å². The molecule has 1 aromatic carbocycles. The number of nitrogens with zero attached hydrogens (tertiary/aromatic N) is 2. The van der Waals surface area contributed by atoms with Gasteiger partial charge >= 0.3 is 0 Å². The molecule has 4 rings (SSSR count). The highest BCUT2D eigenvalue weighted by atomic mass is 79.9. The van der Waals surface area contributed by atoms with Gasteiger partial charge in [-0.2, -0.15) is 0 Å². The number of hydrogen-bond donors (Lipinski definition) is 0. The highest BCUT2D eigenvalue weighted by Gasteiger charge is 2.42. The van der Waals surface area contributed by atoms with Gasteiger partial charge in [0.2, 0.25) is 0 Å². The number of rotatable bonds is 2. The van der Waals surface area contributed by atoms with E-state index in [9.17, 15) is 4.79 Å². The van der Waals surface area contributed by atoms with Crippen molar-refractivity contribution in [2.45, 2.75) is 50.6 Å². The highest BCUT2D eigenvalue weighted by molar-refractivity contribution is 9.10. The van der Waals surface area contributed by atoms with Crippen molar-refractivity contribution < 1.29 is 4.79 Å². The first kappa shape index (κ1) is 15.6. The molecule has 2 aliphatic heterocycles. The smallest absolute Gasteiger partial charge is 0.254 e. The lowest BCUT2D eigenvalue weighted by Crippen LogP contribution is -2.52. The Morgan fingerprint density at radius 2 is 1.87 bits per heavy atom. The second-order valence-electron chi connectivity index (χ2n) is 7.35. The Balaban J connectivity index is 1.50. The van der Waals surface area contributed by atoms with Gasteiger partial charge in [0.15, 0.2) is 0 Å². The van der Waals surface area contributed by atoms with Gasteiger partial charge in [0.25, 0.3) is 5.91 Å². The summed E-state index contributed by atoms with van der Waals surface area (Å²) in [5.74, 6) is 0.927. The number of amides is 1. The van der Waals surface area contributed by atoms with Crippen LogP contribution in [-0.4, -0.2) is 47.4 Å². The number of carbonyl (C=O) groups is 1. The van der Waals surface area contributed by atoms with Crippen molar-refractivity contribution in [3.8, 4) is 0 Å². The monoisotopic (exact) mass is 376 g/mol. The maximum Gasteiger partial charge on any atom is 0.254 e. The van der Waals surface area contributed by atoms with E-state index in [4.69, 9.17) is 0 Å². The van der Waals surface area contributed by atoms with Crippen LogP contribution in [0.25, 0.3) is 0 Å². The molecule has 3 aliphatic rings. The zero-order valence-corrected chi connectivity index (χ0v) is 15.2. The summed E-state index contributed by atoms with van der Waals surface area (Å²) >= 11 is 3.48. The average molecular weight is 377 g/mol. The van der Waals surface area contributed by atoms with E-state index in [0.29, 0.717) is 12.0 Å². The largest absolute Gasteiger partial charge is 0.334 e. The zero-order valence-electron chi connectivity index (χ0n) is 13.6. The number of benzene rings is 1. The van der Waals surface area contributed by atoms with Gasteiger partial charge in [0.1, 0.15) is 0 Å². The third kappa shape index (κ3) is 3.08. The van der Waals surface area contributed by atoms with Crippen molar-refractivity contribution in [3.05, 3.63) is 34.3 Å². The molecule has 2 unspecified atom stereocenters. The molecular weight excluding hydrogens is 352 g/mol. The molecule has 124 valence electrons. The minimum atomic E-state index is 0.215. The van der Waals surface area contributed by atoms with E-state index in [1.807, 2.05) is 24.3 Å².